The predicted octanol–water partition coefficient (Wildman–Crippen LogP) is 2.43. The van der Waals surface area contributed by atoms with E-state index in [2.05, 4.69) is 5.10 Å². The van der Waals surface area contributed by atoms with Crippen molar-refractivity contribution < 1.29 is 13.2 Å². The Balaban J connectivity index is 1.59. The largest absolute Gasteiger partial charge is 0.335 e. The number of amides is 1. The van der Waals surface area contributed by atoms with Gasteiger partial charge in [-0.25, -0.2) is 13.1 Å². The van der Waals surface area contributed by atoms with E-state index in [1.807, 2.05) is 20.8 Å². The summed E-state index contributed by atoms with van der Waals surface area (Å²) < 4.78 is 28.6. The zero-order chi connectivity index (χ0) is 23.0. The average Bonchev–Trinajstić information content (AvgIpc) is 2.79. The molecule has 0 atom stereocenters. The molecule has 0 unspecified atom stereocenters. The second-order valence-corrected chi connectivity index (χ2v) is 10.2. The first-order valence-electron chi connectivity index (χ1n) is 10.6. The van der Waals surface area contributed by atoms with Gasteiger partial charge in [0.05, 0.1) is 16.3 Å². The topological polar surface area (TPSA) is 92.6 Å². The average molecular weight is 455 g/mol. The molecule has 4 rings (SSSR count). The van der Waals surface area contributed by atoms with Crippen LogP contribution in [0.5, 0.6) is 0 Å². The lowest BCUT2D eigenvalue weighted by Crippen LogP contribution is -2.50. The molecule has 0 radical (unpaired) electrons. The lowest BCUT2D eigenvalue weighted by Gasteiger charge is -2.34. The van der Waals surface area contributed by atoms with Gasteiger partial charge in [-0.15, -0.1) is 0 Å². The molecule has 1 aliphatic heterocycles. The molecule has 32 heavy (non-hydrogen) atoms. The van der Waals surface area contributed by atoms with Crippen LogP contribution in [0.15, 0.2) is 58.2 Å². The van der Waals surface area contributed by atoms with Crippen LogP contribution in [0.2, 0.25) is 0 Å². The number of sulfonamides is 1. The van der Waals surface area contributed by atoms with Gasteiger partial charge in [-0.05, 0) is 39.0 Å². The Morgan fingerprint density at radius 1 is 0.938 bits per heavy atom. The second kappa shape index (κ2) is 8.48. The van der Waals surface area contributed by atoms with Gasteiger partial charge in [0.1, 0.15) is 0 Å². The Labute approximate surface area is 187 Å². The minimum absolute atomic E-state index is 0.198. The molecular weight excluding hydrogens is 428 g/mol. The van der Waals surface area contributed by atoms with Gasteiger partial charge >= 0.3 is 0 Å². The van der Waals surface area contributed by atoms with Crippen molar-refractivity contribution in [3.8, 4) is 0 Å². The lowest BCUT2D eigenvalue weighted by molar-refractivity contribution is 0.0691. The van der Waals surface area contributed by atoms with E-state index >= 15 is 0 Å². The van der Waals surface area contributed by atoms with Crippen LogP contribution in [-0.2, 0) is 10.0 Å². The van der Waals surface area contributed by atoms with Crippen molar-refractivity contribution in [1.29, 1.82) is 0 Å². The molecule has 168 valence electrons. The zero-order valence-electron chi connectivity index (χ0n) is 18.4. The summed E-state index contributed by atoms with van der Waals surface area (Å²) in [5, 5.41) is 5.33. The fourth-order valence-corrected chi connectivity index (χ4v) is 5.28. The molecule has 1 fully saturated rings. The maximum Gasteiger partial charge on any atom is 0.275 e. The molecule has 1 aliphatic rings. The molecule has 1 amide bonds. The molecule has 1 saturated heterocycles. The molecule has 2 aromatic carbocycles. The third-order valence-corrected chi connectivity index (χ3v) is 7.62. The van der Waals surface area contributed by atoms with Crippen LogP contribution >= 0.6 is 0 Å². The number of carbonyl (C=O) groups is 1. The van der Waals surface area contributed by atoms with Crippen molar-refractivity contribution in [3.63, 3.8) is 0 Å². The lowest BCUT2D eigenvalue weighted by atomic mass is 10.1. The van der Waals surface area contributed by atoms with Gasteiger partial charge in [-0.1, -0.05) is 35.9 Å². The molecule has 8 nitrogen and oxygen atoms in total. The van der Waals surface area contributed by atoms with Crippen LogP contribution < -0.4 is 5.56 Å². The van der Waals surface area contributed by atoms with Crippen LogP contribution in [0, 0.1) is 6.92 Å². The van der Waals surface area contributed by atoms with E-state index in [0.29, 0.717) is 10.8 Å². The van der Waals surface area contributed by atoms with Crippen molar-refractivity contribution >= 4 is 26.7 Å². The normalized spacial score (nSPS) is 15.4. The molecule has 2 heterocycles. The van der Waals surface area contributed by atoms with Gasteiger partial charge in [0.25, 0.3) is 11.5 Å². The number of benzene rings is 2. The minimum atomic E-state index is -3.62. The number of carbonyl (C=O) groups excluding carboxylic acids is 1. The fraction of sp³-hybridized carbons (Fsp3) is 0.348. The zero-order valence-corrected chi connectivity index (χ0v) is 19.2. The van der Waals surface area contributed by atoms with Crippen molar-refractivity contribution in [1.82, 2.24) is 19.0 Å². The highest BCUT2D eigenvalue weighted by Crippen LogP contribution is 2.21. The standard InChI is InChI=1S/C23H26N4O4S/c1-16(2)27-22(28)20-7-5-4-6-19(20)21(24-27)23(29)25-12-14-26(15-13-25)32(30,31)18-10-8-17(3)9-11-18/h4-11,16H,12-15H2,1-3H3. The van der Waals surface area contributed by atoms with E-state index in [9.17, 15) is 18.0 Å². The van der Waals surface area contributed by atoms with E-state index in [1.54, 1.807) is 53.4 Å². The quantitative estimate of drug-likeness (QED) is 0.604. The monoisotopic (exact) mass is 454 g/mol. The summed E-state index contributed by atoms with van der Waals surface area (Å²) in [5.41, 5.74) is 0.965. The molecule has 0 N–H and O–H groups in total. The smallest absolute Gasteiger partial charge is 0.275 e. The van der Waals surface area contributed by atoms with Crippen molar-refractivity contribution in [2.24, 2.45) is 0 Å². The number of hydrogen-bond acceptors (Lipinski definition) is 5. The Hall–Kier alpha value is -3.04. The summed E-state index contributed by atoms with van der Waals surface area (Å²) in [6.07, 6.45) is 0. The predicted molar refractivity (Wildman–Crippen MR) is 122 cm³/mol. The summed E-state index contributed by atoms with van der Waals surface area (Å²) in [7, 11) is -3.62. The van der Waals surface area contributed by atoms with E-state index in [4.69, 9.17) is 0 Å². The van der Waals surface area contributed by atoms with Gasteiger partial charge in [0, 0.05) is 31.6 Å². The van der Waals surface area contributed by atoms with E-state index in [1.165, 1.54) is 8.99 Å². The van der Waals surface area contributed by atoms with Crippen LogP contribution in [0.3, 0.4) is 0 Å². The highest BCUT2D eigenvalue weighted by molar-refractivity contribution is 7.89. The first-order valence-corrected chi connectivity index (χ1v) is 12.0. The highest BCUT2D eigenvalue weighted by Gasteiger charge is 2.31. The van der Waals surface area contributed by atoms with Crippen molar-refractivity contribution in [2.75, 3.05) is 26.2 Å². The summed E-state index contributed by atoms with van der Waals surface area (Å²) >= 11 is 0. The van der Waals surface area contributed by atoms with Crippen LogP contribution in [0.4, 0.5) is 0 Å². The van der Waals surface area contributed by atoms with E-state index in [0.717, 1.165) is 5.56 Å². The number of aryl methyl sites for hydroxylation is 1. The summed E-state index contributed by atoms with van der Waals surface area (Å²) in [6, 6.07) is 13.5. The molecule has 0 saturated carbocycles. The van der Waals surface area contributed by atoms with E-state index in [-0.39, 0.29) is 54.3 Å². The Bertz CT molecular complexity index is 1320. The number of rotatable bonds is 4. The summed E-state index contributed by atoms with van der Waals surface area (Å²) in [6.45, 7) is 6.48. The Morgan fingerprint density at radius 3 is 2.12 bits per heavy atom. The SMILES string of the molecule is Cc1ccc(S(=O)(=O)N2CCN(C(=O)c3nn(C(C)C)c(=O)c4ccccc34)CC2)cc1. The molecule has 9 heteroatoms. The van der Waals surface area contributed by atoms with Crippen LogP contribution in [0.25, 0.3) is 10.8 Å². The molecule has 0 spiro atoms. The van der Waals surface area contributed by atoms with Gasteiger partial charge in [-0.3, -0.25) is 9.59 Å². The van der Waals surface area contributed by atoms with Gasteiger partial charge in [0.2, 0.25) is 10.0 Å². The van der Waals surface area contributed by atoms with Crippen LogP contribution in [-0.4, -0.2) is 59.5 Å². The van der Waals surface area contributed by atoms with Crippen LogP contribution in [0.1, 0.15) is 35.9 Å². The van der Waals surface area contributed by atoms with Crippen molar-refractivity contribution in [3.05, 3.63) is 70.1 Å². The minimum Gasteiger partial charge on any atom is -0.335 e. The van der Waals surface area contributed by atoms with E-state index < -0.39 is 10.0 Å². The number of piperazine rings is 1. The highest BCUT2D eigenvalue weighted by atomic mass is 32.2. The van der Waals surface area contributed by atoms with Gasteiger partial charge in [-0.2, -0.15) is 9.40 Å². The third kappa shape index (κ3) is 3.93. The number of nitrogens with zero attached hydrogens (tertiary/aromatic N) is 4. The van der Waals surface area contributed by atoms with Gasteiger partial charge < -0.3 is 4.90 Å². The molecule has 3 aromatic rings. The first kappa shape index (κ1) is 22.2. The Kier molecular flexibility index (Phi) is 5.87. The molecule has 0 aliphatic carbocycles. The number of aromatic nitrogens is 2. The number of hydrogen-bond donors (Lipinski definition) is 0. The molecule has 1 aromatic heterocycles. The first-order chi connectivity index (χ1) is 15.2. The fourth-order valence-electron chi connectivity index (χ4n) is 3.86. The molecule has 0 bridgehead atoms. The van der Waals surface area contributed by atoms with Crippen molar-refractivity contribution in [2.45, 2.75) is 31.7 Å². The Morgan fingerprint density at radius 2 is 1.53 bits per heavy atom. The summed E-state index contributed by atoms with van der Waals surface area (Å²) in [5.74, 6) is -0.303. The maximum atomic E-state index is 13.3. The number of fused-ring (bicyclic) bond motifs is 1. The van der Waals surface area contributed by atoms with Gasteiger partial charge in [0.15, 0.2) is 5.69 Å². The summed E-state index contributed by atoms with van der Waals surface area (Å²) in [4.78, 5) is 27.9. The second-order valence-electron chi connectivity index (χ2n) is 8.25. The maximum absolute atomic E-state index is 13.3. The third-order valence-electron chi connectivity index (χ3n) is 5.70. The molecular formula is C23H26N4O4S.